The van der Waals surface area contributed by atoms with Crippen LogP contribution in [0.4, 0.5) is 0 Å². The van der Waals surface area contributed by atoms with Crippen molar-refractivity contribution in [1.82, 2.24) is 0 Å². The predicted molar refractivity (Wildman–Crippen MR) is 76.5 cm³/mol. The molecule has 0 saturated carbocycles. The number of carboxylic acids is 1. The highest BCUT2D eigenvalue weighted by atomic mass is 16.5. The maximum atomic E-state index is 10.9. The molecule has 20 heavy (non-hydrogen) atoms. The van der Waals surface area contributed by atoms with Crippen molar-refractivity contribution in [2.75, 3.05) is 0 Å². The Morgan fingerprint density at radius 2 is 1.95 bits per heavy atom. The Kier molecular flexibility index (Phi) is 4.38. The van der Waals surface area contributed by atoms with Crippen LogP contribution >= 0.6 is 0 Å². The fourth-order valence-corrected chi connectivity index (χ4v) is 1.84. The van der Waals surface area contributed by atoms with Crippen LogP contribution in [0, 0.1) is 6.92 Å². The molecular formula is C16H17NO3. The average Bonchev–Trinajstić information content (AvgIpc) is 2.46. The van der Waals surface area contributed by atoms with Crippen molar-refractivity contribution in [3.8, 4) is 5.75 Å². The van der Waals surface area contributed by atoms with E-state index < -0.39 is 12.0 Å². The molecule has 104 valence electrons. The van der Waals surface area contributed by atoms with Gasteiger partial charge in [0, 0.05) is 0 Å². The minimum absolute atomic E-state index is 0.438. The predicted octanol–water partition coefficient (Wildman–Crippen LogP) is 2.66. The normalized spacial score (nSPS) is 11.9. The monoisotopic (exact) mass is 271 g/mol. The largest absolute Gasteiger partial charge is 0.489 e. The Hall–Kier alpha value is -2.33. The van der Waals surface area contributed by atoms with Gasteiger partial charge in [-0.1, -0.05) is 42.5 Å². The number of hydrogen-bond acceptors (Lipinski definition) is 3. The number of ether oxygens (including phenoxy) is 1. The first kappa shape index (κ1) is 14.1. The van der Waals surface area contributed by atoms with E-state index in [9.17, 15) is 4.79 Å². The third kappa shape index (κ3) is 3.36. The molecule has 0 heterocycles. The molecule has 0 fully saturated rings. The van der Waals surface area contributed by atoms with Crippen LogP contribution in [-0.2, 0) is 11.4 Å². The lowest BCUT2D eigenvalue weighted by Gasteiger charge is -2.13. The summed E-state index contributed by atoms with van der Waals surface area (Å²) in [7, 11) is 0. The molecule has 2 rings (SSSR count). The molecule has 1 unspecified atom stereocenters. The highest BCUT2D eigenvalue weighted by molar-refractivity contribution is 5.75. The average molecular weight is 271 g/mol. The maximum Gasteiger partial charge on any atom is 0.325 e. The number of aliphatic carboxylic acids is 1. The van der Waals surface area contributed by atoms with Crippen LogP contribution in [0.25, 0.3) is 0 Å². The lowest BCUT2D eigenvalue weighted by Crippen LogP contribution is -2.20. The highest BCUT2D eigenvalue weighted by Crippen LogP contribution is 2.23. The summed E-state index contributed by atoms with van der Waals surface area (Å²) in [6.45, 7) is 2.35. The third-order valence-corrected chi connectivity index (χ3v) is 3.07. The second-order valence-corrected chi connectivity index (χ2v) is 4.62. The molecule has 0 aliphatic heterocycles. The van der Waals surface area contributed by atoms with Crippen LogP contribution in [-0.4, -0.2) is 11.1 Å². The van der Waals surface area contributed by atoms with Gasteiger partial charge in [-0.3, -0.25) is 4.79 Å². The molecule has 0 radical (unpaired) electrons. The minimum atomic E-state index is -1.05. The molecule has 0 spiro atoms. The van der Waals surface area contributed by atoms with Crippen LogP contribution in [0.3, 0.4) is 0 Å². The summed E-state index contributed by atoms with van der Waals surface area (Å²) in [4.78, 5) is 10.9. The number of carbonyl (C=O) groups is 1. The van der Waals surface area contributed by atoms with E-state index in [1.807, 2.05) is 43.3 Å². The summed E-state index contributed by atoms with van der Waals surface area (Å²) in [6.07, 6.45) is 0. The van der Waals surface area contributed by atoms with Gasteiger partial charge in [0.25, 0.3) is 0 Å². The van der Waals surface area contributed by atoms with E-state index in [-0.39, 0.29) is 0 Å². The Bertz CT molecular complexity index is 596. The molecule has 0 aliphatic carbocycles. The first-order valence-electron chi connectivity index (χ1n) is 6.33. The van der Waals surface area contributed by atoms with Crippen molar-refractivity contribution >= 4 is 5.97 Å². The number of nitrogens with two attached hydrogens (primary N) is 1. The van der Waals surface area contributed by atoms with Crippen molar-refractivity contribution in [2.45, 2.75) is 19.6 Å². The number of aryl methyl sites for hydroxylation is 1. The molecule has 0 saturated heterocycles. The van der Waals surface area contributed by atoms with Crippen LogP contribution in [0.1, 0.15) is 22.7 Å². The smallest absolute Gasteiger partial charge is 0.325 e. The topological polar surface area (TPSA) is 72.6 Å². The third-order valence-electron chi connectivity index (χ3n) is 3.07. The second-order valence-electron chi connectivity index (χ2n) is 4.62. The number of benzene rings is 2. The van der Waals surface area contributed by atoms with Gasteiger partial charge < -0.3 is 15.6 Å². The zero-order valence-corrected chi connectivity index (χ0v) is 11.2. The Labute approximate surface area is 117 Å². The molecule has 2 aromatic carbocycles. The Morgan fingerprint density at radius 3 is 2.60 bits per heavy atom. The van der Waals surface area contributed by atoms with Gasteiger partial charge in [0.2, 0.25) is 0 Å². The van der Waals surface area contributed by atoms with Gasteiger partial charge in [-0.2, -0.15) is 0 Å². The van der Waals surface area contributed by atoms with Crippen LogP contribution < -0.4 is 10.5 Å². The molecule has 0 aromatic heterocycles. The van der Waals surface area contributed by atoms with Crippen molar-refractivity contribution < 1.29 is 14.6 Å². The first-order chi connectivity index (χ1) is 9.58. The SMILES string of the molecule is Cc1ccc(C(N)C(=O)O)cc1OCc1ccccc1. The Morgan fingerprint density at radius 1 is 1.25 bits per heavy atom. The molecule has 4 nitrogen and oxygen atoms in total. The van der Waals surface area contributed by atoms with E-state index in [2.05, 4.69) is 0 Å². The molecule has 1 atom stereocenters. The summed E-state index contributed by atoms with van der Waals surface area (Å²) in [6, 6.07) is 14.0. The van der Waals surface area contributed by atoms with E-state index in [1.165, 1.54) is 0 Å². The van der Waals surface area contributed by atoms with Gasteiger partial charge in [-0.15, -0.1) is 0 Å². The van der Waals surface area contributed by atoms with Crippen molar-refractivity contribution in [2.24, 2.45) is 5.73 Å². The van der Waals surface area contributed by atoms with Gasteiger partial charge in [0.05, 0.1) is 0 Å². The molecule has 3 N–H and O–H groups in total. The summed E-state index contributed by atoms with van der Waals surface area (Å²) in [5.74, 6) is -0.397. The lowest BCUT2D eigenvalue weighted by atomic mass is 10.1. The minimum Gasteiger partial charge on any atom is -0.489 e. The van der Waals surface area contributed by atoms with Gasteiger partial charge >= 0.3 is 5.97 Å². The molecule has 0 amide bonds. The first-order valence-corrected chi connectivity index (χ1v) is 6.33. The fourth-order valence-electron chi connectivity index (χ4n) is 1.84. The zero-order chi connectivity index (χ0) is 14.5. The quantitative estimate of drug-likeness (QED) is 0.877. The van der Waals surface area contributed by atoms with Crippen LogP contribution in [0.5, 0.6) is 5.75 Å². The van der Waals surface area contributed by atoms with Crippen LogP contribution in [0.15, 0.2) is 48.5 Å². The second kappa shape index (κ2) is 6.21. The fraction of sp³-hybridized carbons (Fsp3) is 0.188. The van der Waals surface area contributed by atoms with E-state index in [1.54, 1.807) is 12.1 Å². The zero-order valence-electron chi connectivity index (χ0n) is 11.2. The Balaban J connectivity index is 2.15. The molecule has 0 aliphatic rings. The summed E-state index contributed by atoms with van der Waals surface area (Å²) < 4.78 is 5.74. The van der Waals surface area contributed by atoms with E-state index in [4.69, 9.17) is 15.6 Å². The standard InChI is InChI=1S/C16H17NO3/c1-11-7-8-13(15(17)16(18)19)9-14(11)20-10-12-5-3-2-4-6-12/h2-9,15H,10,17H2,1H3,(H,18,19). The van der Waals surface area contributed by atoms with Crippen molar-refractivity contribution in [3.05, 3.63) is 65.2 Å². The number of carboxylic acid groups (broad SMARTS) is 1. The number of rotatable bonds is 5. The molecular weight excluding hydrogens is 254 g/mol. The number of hydrogen-bond donors (Lipinski definition) is 2. The molecule has 2 aromatic rings. The van der Waals surface area contributed by atoms with Gasteiger partial charge in [0.15, 0.2) is 0 Å². The van der Waals surface area contributed by atoms with Gasteiger partial charge in [-0.05, 0) is 29.7 Å². The summed E-state index contributed by atoms with van der Waals surface area (Å²) >= 11 is 0. The van der Waals surface area contributed by atoms with Crippen molar-refractivity contribution in [3.63, 3.8) is 0 Å². The van der Waals surface area contributed by atoms with Crippen LogP contribution in [0.2, 0.25) is 0 Å². The van der Waals surface area contributed by atoms with Gasteiger partial charge in [-0.25, -0.2) is 0 Å². The van der Waals surface area contributed by atoms with E-state index >= 15 is 0 Å². The molecule has 4 heteroatoms. The lowest BCUT2D eigenvalue weighted by molar-refractivity contribution is -0.138. The highest BCUT2D eigenvalue weighted by Gasteiger charge is 2.15. The van der Waals surface area contributed by atoms with Crippen molar-refractivity contribution in [1.29, 1.82) is 0 Å². The van der Waals surface area contributed by atoms with E-state index in [0.717, 1.165) is 11.1 Å². The molecule has 0 bridgehead atoms. The maximum absolute atomic E-state index is 10.9. The van der Waals surface area contributed by atoms with E-state index in [0.29, 0.717) is 17.9 Å². The van der Waals surface area contributed by atoms with Gasteiger partial charge in [0.1, 0.15) is 18.4 Å². The summed E-state index contributed by atoms with van der Waals surface area (Å²) in [5, 5.41) is 8.94. The summed E-state index contributed by atoms with van der Waals surface area (Å²) in [5.41, 5.74) is 8.14.